The van der Waals surface area contributed by atoms with E-state index in [0.29, 0.717) is 0 Å². The Labute approximate surface area is 90.4 Å². The molecule has 0 bridgehead atoms. The van der Waals surface area contributed by atoms with Crippen molar-refractivity contribution >= 4 is 8.32 Å². The minimum absolute atomic E-state index is 0.154. The predicted molar refractivity (Wildman–Crippen MR) is 67.0 cm³/mol. The fraction of sp³-hybridized carbons (Fsp3) is 0.833. The molecule has 0 heterocycles. The smallest absolute Gasteiger partial charge is 0.188 e. The van der Waals surface area contributed by atoms with Gasteiger partial charge in [-0.3, -0.25) is 0 Å². The maximum atomic E-state index is 10.1. The van der Waals surface area contributed by atoms with E-state index in [1.54, 1.807) is 0 Å². The summed E-state index contributed by atoms with van der Waals surface area (Å²) in [5, 5.41) is 0.154. The fourth-order valence-electron chi connectivity index (χ4n) is 1.34. The van der Waals surface area contributed by atoms with E-state index in [1.807, 2.05) is 19.2 Å². The van der Waals surface area contributed by atoms with Crippen LogP contribution in [0.1, 0.15) is 46.0 Å². The van der Waals surface area contributed by atoms with Crippen LogP contribution < -0.4 is 0 Å². The minimum Gasteiger partial charge on any atom is -0.432 e. The molecule has 1 nitrogen and oxygen atoms in total. The first-order valence-corrected chi connectivity index (χ1v) is 8.59. The minimum atomic E-state index is -1.97. The molecule has 0 saturated carbocycles. The second kappa shape index (κ2) is 5.71. The summed E-state index contributed by atoms with van der Waals surface area (Å²) in [7, 11) is -1.97. The molecule has 0 radical (unpaired) electrons. The largest absolute Gasteiger partial charge is 0.432 e. The molecule has 0 atom stereocenters. The lowest BCUT2D eigenvalue weighted by molar-refractivity contribution is 0.436. The summed E-state index contributed by atoms with van der Waals surface area (Å²) in [5.74, 6) is 0. The van der Waals surface area contributed by atoms with Crippen LogP contribution in [0.3, 0.4) is 0 Å². The van der Waals surface area contributed by atoms with Gasteiger partial charge in [-0.1, -0.05) is 32.8 Å². The molecule has 14 heavy (non-hydrogen) atoms. The number of hydrogen-bond acceptors (Lipinski definition) is 1. The monoisotopic (exact) mass is 214 g/mol. The molecule has 0 spiro atoms. The lowest BCUT2D eigenvalue weighted by Gasteiger charge is -2.35. The molecule has 0 amide bonds. The second-order valence-corrected chi connectivity index (χ2v) is 9.80. The molecular formula is C12H26OSi. The number of rotatable bonds is 7. The van der Waals surface area contributed by atoms with Crippen molar-refractivity contribution in [2.24, 2.45) is 0 Å². The van der Waals surface area contributed by atoms with Gasteiger partial charge in [-0.2, -0.15) is 0 Å². The molecule has 0 aliphatic rings. The van der Waals surface area contributed by atoms with Crippen LogP contribution in [-0.4, -0.2) is 13.1 Å². The van der Waals surface area contributed by atoms with Gasteiger partial charge in [0.05, 0.1) is 0 Å². The van der Waals surface area contributed by atoms with Gasteiger partial charge in [-0.15, -0.1) is 6.58 Å². The average Bonchev–Trinajstić information content (AvgIpc) is 2.02. The Morgan fingerprint density at radius 3 is 2.21 bits per heavy atom. The van der Waals surface area contributed by atoms with Crippen molar-refractivity contribution in [1.82, 2.24) is 0 Å². The first-order chi connectivity index (χ1) is 6.31. The summed E-state index contributed by atoms with van der Waals surface area (Å²) >= 11 is 0. The van der Waals surface area contributed by atoms with E-state index in [2.05, 4.69) is 20.4 Å². The summed E-state index contributed by atoms with van der Waals surface area (Å²) < 4.78 is 0. The lowest BCUT2D eigenvalue weighted by atomic mass is 10.0. The number of unbranched alkanes of at least 4 members (excludes halogenated alkanes) is 3. The third-order valence-corrected chi connectivity index (χ3v) is 6.93. The van der Waals surface area contributed by atoms with Gasteiger partial charge in [0.25, 0.3) is 0 Å². The van der Waals surface area contributed by atoms with E-state index in [1.165, 1.54) is 19.3 Å². The molecule has 2 heteroatoms. The van der Waals surface area contributed by atoms with Gasteiger partial charge < -0.3 is 4.80 Å². The maximum Gasteiger partial charge on any atom is 0.188 e. The van der Waals surface area contributed by atoms with Gasteiger partial charge in [0, 0.05) is 0 Å². The van der Waals surface area contributed by atoms with E-state index in [9.17, 15) is 4.80 Å². The van der Waals surface area contributed by atoms with E-state index in [-0.39, 0.29) is 5.04 Å². The van der Waals surface area contributed by atoms with Gasteiger partial charge in [0.1, 0.15) is 0 Å². The van der Waals surface area contributed by atoms with Gasteiger partial charge in [0.15, 0.2) is 8.32 Å². The Morgan fingerprint density at radius 2 is 1.79 bits per heavy atom. The number of hydrogen-bond donors (Lipinski definition) is 1. The normalized spacial score (nSPS) is 12.9. The molecule has 0 fully saturated rings. The Bertz CT molecular complexity index is 168. The highest BCUT2D eigenvalue weighted by Crippen LogP contribution is 2.40. The highest BCUT2D eigenvalue weighted by molar-refractivity contribution is 6.72. The van der Waals surface area contributed by atoms with Crippen molar-refractivity contribution in [3.63, 3.8) is 0 Å². The lowest BCUT2D eigenvalue weighted by Crippen LogP contribution is -2.38. The van der Waals surface area contributed by atoms with Crippen LogP contribution in [-0.2, 0) is 0 Å². The van der Waals surface area contributed by atoms with Crippen LogP contribution in [0.25, 0.3) is 0 Å². The van der Waals surface area contributed by atoms with E-state index in [0.717, 1.165) is 12.8 Å². The van der Waals surface area contributed by atoms with Gasteiger partial charge in [-0.25, -0.2) is 0 Å². The molecule has 0 saturated heterocycles. The molecule has 0 aliphatic carbocycles. The van der Waals surface area contributed by atoms with Crippen LogP contribution in [0.4, 0.5) is 0 Å². The molecule has 0 aromatic heterocycles. The Morgan fingerprint density at radius 1 is 1.21 bits per heavy atom. The van der Waals surface area contributed by atoms with Crippen molar-refractivity contribution in [2.45, 2.75) is 64.1 Å². The molecule has 0 aliphatic heterocycles. The summed E-state index contributed by atoms with van der Waals surface area (Å²) in [6, 6.07) is 0. The van der Waals surface area contributed by atoms with Gasteiger partial charge in [0.2, 0.25) is 0 Å². The molecule has 0 aromatic rings. The molecule has 1 N–H and O–H groups in total. The zero-order valence-corrected chi connectivity index (χ0v) is 11.3. The zero-order valence-electron chi connectivity index (χ0n) is 10.3. The Balaban J connectivity index is 3.72. The highest BCUT2D eigenvalue weighted by atomic mass is 28.4. The van der Waals surface area contributed by atoms with E-state index >= 15 is 0 Å². The molecule has 0 rings (SSSR count). The van der Waals surface area contributed by atoms with Crippen molar-refractivity contribution in [3.05, 3.63) is 12.7 Å². The van der Waals surface area contributed by atoms with Crippen molar-refractivity contribution in [2.75, 3.05) is 0 Å². The van der Waals surface area contributed by atoms with Crippen LogP contribution in [0.2, 0.25) is 18.1 Å². The zero-order chi connectivity index (χ0) is 11.2. The van der Waals surface area contributed by atoms with Crippen LogP contribution >= 0.6 is 0 Å². The second-order valence-electron chi connectivity index (χ2n) is 5.33. The van der Waals surface area contributed by atoms with Crippen molar-refractivity contribution in [1.29, 1.82) is 0 Å². The van der Waals surface area contributed by atoms with Gasteiger partial charge >= 0.3 is 0 Å². The van der Waals surface area contributed by atoms with E-state index in [4.69, 9.17) is 0 Å². The first-order valence-electron chi connectivity index (χ1n) is 5.64. The summed E-state index contributed by atoms with van der Waals surface area (Å²) in [5.41, 5.74) is 0. The molecular weight excluding hydrogens is 188 g/mol. The average molecular weight is 214 g/mol. The summed E-state index contributed by atoms with van der Waals surface area (Å²) in [6.45, 7) is 12.2. The van der Waals surface area contributed by atoms with Crippen LogP contribution in [0.5, 0.6) is 0 Å². The molecule has 0 aromatic carbocycles. The summed E-state index contributed by atoms with van der Waals surface area (Å²) in [4.78, 5) is 10.1. The topological polar surface area (TPSA) is 20.2 Å². The maximum absolute atomic E-state index is 10.1. The third-order valence-electron chi connectivity index (χ3n) is 3.37. The van der Waals surface area contributed by atoms with Crippen LogP contribution in [0.15, 0.2) is 12.7 Å². The summed E-state index contributed by atoms with van der Waals surface area (Å²) in [6.07, 6.45) is 8.00. The van der Waals surface area contributed by atoms with Crippen molar-refractivity contribution in [3.8, 4) is 0 Å². The highest BCUT2D eigenvalue weighted by Gasteiger charge is 2.36. The quantitative estimate of drug-likeness (QED) is 0.384. The molecule has 0 unspecified atom stereocenters. The first kappa shape index (κ1) is 13.9. The predicted octanol–water partition coefficient (Wildman–Crippen LogP) is 4.10. The SMILES string of the molecule is C=CCCCCCC(C)(C)[Si](C)(C)O. The third kappa shape index (κ3) is 4.96. The Kier molecular flexibility index (Phi) is 5.68. The standard InChI is InChI=1S/C12H26OSi/c1-6-7-8-9-10-11-12(2,3)14(4,5)13/h6,13H,1,7-11H2,2-5H3. The molecule has 84 valence electrons. The Hall–Kier alpha value is -0.0831. The van der Waals surface area contributed by atoms with E-state index < -0.39 is 8.32 Å². The fourth-order valence-corrected chi connectivity index (χ4v) is 2.13. The van der Waals surface area contributed by atoms with Gasteiger partial charge in [-0.05, 0) is 37.4 Å². The van der Waals surface area contributed by atoms with Crippen LogP contribution in [0, 0.1) is 0 Å². The number of allylic oxidation sites excluding steroid dienone is 1. The van der Waals surface area contributed by atoms with Crippen molar-refractivity contribution < 1.29 is 4.80 Å².